The van der Waals surface area contributed by atoms with Crippen molar-refractivity contribution in [2.45, 2.75) is 30.9 Å². The van der Waals surface area contributed by atoms with Crippen LogP contribution in [-0.2, 0) is 4.79 Å². The molecule has 3 aliphatic rings. The number of anilines is 1. The number of nitrogens with zero attached hydrogens (tertiary/aromatic N) is 3. The van der Waals surface area contributed by atoms with Crippen LogP contribution in [0.25, 0.3) is 5.57 Å². The average Bonchev–Trinajstić information content (AvgIpc) is 3.23. The molecule has 7 nitrogen and oxygen atoms in total. The van der Waals surface area contributed by atoms with Crippen LogP contribution in [0.1, 0.15) is 19.2 Å². The Kier molecular flexibility index (Phi) is 4.54. The van der Waals surface area contributed by atoms with Gasteiger partial charge in [-0.2, -0.15) is 0 Å². The molecule has 1 saturated heterocycles. The number of hydrogen-bond donors (Lipinski definition) is 3. The molecule has 0 bridgehead atoms. The molecule has 4 rings (SSSR count). The second-order valence-corrected chi connectivity index (χ2v) is 7.25. The minimum Gasteiger partial charge on any atom is -0.371 e. The summed E-state index contributed by atoms with van der Waals surface area (Å²) >= 11 is 6.21. The van der Waals surface area contributed by atoms with Crippen molar-refractivity contribution in [3.8, 4) is 0 Å². The van der Waals surface area contributed by atoms with Crippen LogP contribution in [-0.4, -0.2) is 58.0 Å². The van der Waals surface area contributed by atoms with Gasteiger partial charge in [0.05, 0.1) is 11.6 Å². The van der Waals surface area contributed by atoms with Crippen LogP contribution in [0.15, 0.2) is 24.0 Å². The van der Waals surface area contributed by atoms with Crippen LogP contribution in [0.5, 0.6) is 0 Å². The Morgan fingerprint density at radius 2 is 2.35 bits per heavy atom. The topological polar surface area (TPSA) is 82.2 Å². The van der Waals surface area contributed by atoms with Gasteiger partial charge in [-0.1, -0.05) is 6.08 Å². The third-order valence-corrected chi connectivity index (χ3v) is 5.13. The molecule has 1 aromatic rings. The van der Waals surface area contributed by atoms with E-state index in [0.717, 1.165) is 17.6 Å². The number of hydrogen-bond acceptors (Lipinski definition) is 6. The summed E-state index contributed by atoms with van der Waals surface area (Å²) in [5.74, 6) is 0.105. The molecule has 0 radical (unpaired) electrons. The summed E-state index contributed by atoms with van der Waals surface area (Å²) in [7, 11) is 0. The van der Waals surface area contributed by atoms with Crippen LogP contribution in [0, 0.1) is 5.82 Å². The highest BCUT2D eigenvalue weighted by atomic mass is 35.5. The molecule has 0 aromatic carbocycles. The number of aromatic nitrogens is 2. The number of carbonyl (C=O) groups is 1. The lowest BCUT2D eigenvalue weighted by molar-refractivity contribution is -0.127. The van der Waals surface area contributed by atoms with Crippen LogP contribution in [0.4, 0.5) is 10.2 Å². The van der Waals surface area contributed by atoms with Crippen molar-refractivity contribution in [3.63, 3.8) is 0 Å². The third-order valence-electron chi connectivity index (χ3n) is 4.85. The quantitative estimate of drug-likeness (QED) is 0.682. The lowest BCUT2D eigenvalue weighted by Crippen LogP contribution is -2.44. The lowest BCUT2D eigenvalue weighted by Gasteiger charge is -2.23. The molecule has 0 aliphatic carbocycles. The molecule has 0 saturated carbocycles. The number of carbonyl (C=O) groups excluding carboxylic acids is 1. The van der Waals surface area contributed by atoms with Gasteiger partial charge in [0, 0.05) is 44.4 Å². The van der Waals surface area contributed by atoms with Crippen molar-refractivity contribution < 1.29 is 9.18 Å². The number of fused-ring (bicyclic) bond motifs is 1. The summed E-state index contributed by atoms with van der Waals surface area (Å²) in [4.78, 5) is 21.7. The number of alkyl halides is 1. The summed E-state index contributed by atoms with van der Waals surface area (Å²) < 4.78 is 14.2. The summed E-state index contributed by atoms with van der Waals surface area (Å²) in [6.45, 7) is 3.43. The van der Waals surface area contributed by atoms with E-state index in [-0.39, 0.29) is 29.3 Å². The Morgan fingerprint density at radius 1 is 1.50 bits per heavy atom. The Balaban J connectivity index is 1.55. The number of halogens is 2. The molecule has 3 aliphatic heterocycles. The Hall–Kier alpha value is -2.19. The Bertz CT molecular complexity index is 797. The number of likely N-dealkylation sites (tertiary alicyclic amines) is 1. The second-order valence-electron chi connectivity index (χ2n) is 6.69. The van der Waals surface area contributed by atoms with Gasteiger partial charge in [-0.15, -0.1) is 11.6 Å². The molecule has 2 unspecified atom stereocenters. The smallest absolute Gasteiger partial charge is 0.219 e. The third kappa shape index (κ3) is 3.26. The molecule has 3 atom stereocenters. The molecule has 138 valence electrons. The fraction of sp³-hybridized carbons (Fsp3) is 0.471. The predicted octanol–water partition coefficient (Wildman–Crippen LogP) is 1.06. The average molecular weight is 379 g/mol. The van der Waals surface area contributed by atoms with E-state index < -0.39 is 5.82 Å². The summed E-state index contributed by atoms with van der Waals surface area (Å²) in [6.07, 6.45) is 5.70. The van der Waals surface area contributed by atoms with Crippen molar-refractivity contribution in [3.05, 3.63) is 35.7 Å². The molecule has 26 heavy (non-hydrogen) atoms. The zero-order valence-corrected chi connectivity index (χ0v) is 15.1. The molecule has 4 heterocycles. The van der Waals surface area contributed by atoms with Gasteiger partial charge >= 0.3 is 0 Å². The highest BCUT2D eigenvalue weighted by molar-refractivity contribution is 6.22. The highest BCUT2D eigenvalue weighted by Crippen LogP contribution is 2.30. The SMILES string of the molecule is CC(=O)N1CC[C@H](Nc2nc(C3=CNC4NCC(Cl)C=C34)ncc2F)C1. The van der Waals surface area contributed by atoms with Gasteiger partial charge in [0.15, 0.2) is 17.5 Å². The van der Waals surface area contributed by atoms with Crippen LogP contribution < -0.4 is 16.0 Å². The molecule has 1 fully saturated rings. The summed E-state index contributed by atoms with van der Waals surface area (Å²) in [5.41, 5.74) is 1.77. The van der Waals surface area contributed by atoms with Gasteiger partial charge in [-0.25, -0.2) is 14.4 Å². The first-order valence-corrected chi connectivity index (χ1v) is 9.05. The van der Waals surface area contributed by atoms with E-state index in [4.69, 9.17) is 11.6 Å². The first kappa shape index (κ1) is 17.2. The molecule has 1 aromatic heterocycles. The van der Waals surface area contributed by atoms with Crippen molar-refractivity contribution >= 4 is 28.9 Å². The standard InChI is InChI=1S/C17H20ClFN6O/c1-9(26)25-3-2-11(8-25)23-17-14(19)7-22-16(24-17)13-6-21-15-12(13)4-10(18)5-20-15/h4,6-7,10-11,15,20-21H,2-3,5,8H2,1H3,(H,22,23,24)/t10?,11-,15?/m0/s1. The van der Waals surface area contributed by atoms with Gasteiger partial charge in [0.25, 0.3) is 0 Å². The van der Waals surface area contributed by atoms with E-state index in [9.17, 15) is 9.18 Å². The lowest BCUT2D eigenvalue weighted by atomic mass is 10.0. The van der Waals surface area contributed by atoms with Gasteiger partial charge in [-0.3, -0.25) is 10.1 Å². The zero-order chi connectivity index (χ0) is 18.3. The van der Waals surface area contributed by atoms with Crippen LogP contribution in [0.2, 0.25) is 0 Å². The monoisotopic (exact) mass is 378 g/mol. The maximum atomic E-state index is 14.2. The van der Waals surface area contributed by atoms with E-state index >= 15 is 0 Å². The normalized spacial score (nSPS) is 27.5. The maximum Gasteiger partial charge on any atom is 0.219 e. The van der Waals surface area contributed by atoms with E-state index in [1.165, 1.54) is 13.1 Å². The molecular formula is C17H20ClFN6O. The molecule has 0 spiro atoms. The minimum absolute atomic E-state index is 0.0241. The van der Waals surface area contributed by atoms with Gasteiger partial charge in [0.1, 0.15) is 6.17 Å². The van der Waals surface area contributed by atoms with E-state index in [2.05, 4.69) is 25.9 Å². The van der Waals surface area contributed by atoms with Crippen molar-refractivity contribution in [1.82, 2.24) is 25.5 Å². The summed E-state index contributed by atoms with van der Waals surface area (Å²) in [6, 6.07) is -0.0256. The zero-order valence-electron chi connectivity index (χ0n) is 14.3. The fourth-order valence-electron chi connectivity index (χ4n) is 3.48. The minimum atomic E-state index is -0.510. The maximum absolute atomic E-state index is 14.2. The number of nitrogens with one attached hydrogen (secondary N) is 3. The molecular weight excluding hydrogens is 359 g/mol. The van der Waals surface area contributed by atoms with Gasteiger partial charge in [0.2, 0.25) is 5.91 Å². The van der Waals surface area contributed by atoms with Gasteiger partial charge < -0.3 is 15.5 Å². The largest absolute Gasteiger partial charge is 0.371 e. The van der Waals surface area contributed by atoms with Crippen molar-refractivity contribution in [1.29, 1.82) is 0 Å². The first-order valence-electron chi connectivity index (χ1n) is 8.62. The summed E-state index contributed by atoms with van der Waals surface area (Å²) in [5, 5.41) is 9.50. The Labute approximate surface area is 155 Å². The van der Waals surface area contributed by atoms with E-state index in [1.54, 1.807) is 4.90 Å². The van der Waals surface area contributed by atoms with E-state index in [1.807, 2.05) is 12.3 Å². The number of rotatable bonds is 3. The fourth-order valence-corrected chi connectivity index (χ4v) is 3.71. The van der Waals surface area contributed by atoms with E-state index in [0.29, 0.717) is 25.5 Å². The first-order chi connectivity index (χ1) is 12.5. The predicted molar refractivity (Wildman–Crippen MR) is 96.9 cm³/mol. The molecule has 9 heteroatoms. The molecule has 1 amide bonds. The Morgan fingerprint density at radius 3 is 3.12 bits per heavy atom. The van der Waals surface area contributed by atoms with Crippen LogP contribution >= 0.6 is 11.6 Å². The van der Waals surface area contributed by atoms with Crippen LogP contribution in [0.3, 0.4) is 0 Å². The molecule has 3 N–H and O–H groups in total. The van der Waals surface area contributed by atoms with Crippen molar-refractivity contribution in [2.24, 2.45) is 0 Å². The van der Waals surface area contributed by atoms with Gasteiger partial charge in [-0.05, 0) is 12.0 Å². The van der Waals surface area contributed by atoms with Crippen molar-refractivity contribution in [2.75, 3.05) is 25.0 Å². The number of amides is 1. The second kappa shape index (κ2) is 6.85. The highest BCUT2D eigenvalue weighted by Gasteiger charge is 2.30.